The van der Waals surface area contributed by atoms with Gasteiger partial charge in [0, 0.05) is 29.2 Å². The number of piperidine rings is 1. The average Bonchev–Trinajstić information content (AvgIpc) is 2.83. The standard InChI is InChI=1S/C15H19BrN4/c1-10-14(11-2-4-12(16)5-3-11)18-19-15(10)20-8-6-13(17)7-9-20/h2-5,13H,6-9,17H2,1H3,(H,18,19). The lowest BCUT2D eigenvalue weighted by Crippen LogP contribution is -2.40. The molecule has 106 valence electrons. The zero-order valence-corrected chi connectivity index (χ0v) is 13.2. The molecule has 0 radical (unpaired) electrons. The summed E-state index contributed by atoms with van der Waals surface area (Å²) in [6, 6.07) is 8.64. The van der Waals surface area contributed by atoms with Gasteiger partial charge in [-0.15, -0.1) is 0 Å². The van der Waals surface area contributed by atoms with Crippen molar-refractivity contribution in [1.82, 2.24) is 10.2 Å². The minimum Gasteiger partial charge on any atom is -0.355 e. The SMILES string of the molecule is Cc1c(N2CCC(N)CC2)n[nH]c1-c1ccc(Br)cc1. The van der Waals surface area contributed by atoms with Gasteiger partial charge in [0.15, 0.2) is 5.82 Å². The molecule has 0 saturated carbocycles. The van der Waals surface area contributed by atoms with Crippen LogP contribution in [0.2, 0.25) is 0 Å². The number of aromatic amines is 1. The van der Waals surface area contributed by atoms with Crippen LogP contribution in [-0.2, 0) is 0 Å². The van der Waals surface area contributed by atoms with Gasteiger partial charge >= 0.3 is 0 Å². The van der Waals surface area contributed by atoms with Gasteiger partial charge in [-0.05, 0) is 37.5 Å². The van der Waals surface area contributed by atoms with Gasteiger partial charge in [0.1, 0.15) is 0 Å². The molecule has 2 heterocycles. The molecule has 0 spiro atoms. The molecule has 1 aliphatic heterocycles. The van der Waals surface area contributed by atoms with Crippen molar-refractivity contribution < 1.29 is 0 Å². The first-order valence-corrected chi connectivity index (χ1v) is 7.76. The van der Waals surface area contributed by atoms with Gasteiger partial charge in [0.05, 0.1) is 5.69 Å². The molecule has 1 saturated heterocycles. The van der Waals surface area contributed by atoms with E-state index in [1.165, 1.54) is 5.56 Å². The van der Waals surface area contributed by atoms with E-state index in [1.807, 2.05) is 0 Å². The number of nitrogens with two attached hydrogens (primary N) is 1. The molecular formula is C15H19BrN4. The second-order valence-corrected chi connectivity index (χ2v) is 6.29. The van der Waals surface area contributed by atoms with E-state index in [2.05, 4.69) is 62.2 Å². The van der Waals surface area contributed by atoms with Crippen molar-refractivity contribution in [3.8, 4) is 11.3 Å². The molecule has 0 unspecified atom stereocenters. The van der Waals surface area contributed by atoms with Crippen LogP contribution in [0.4, 0.5) is 5.82 Å². The lowest BCUT2D eigenvalue weighted by atomic mass is 10.0. The van der Waals surface area contributed by atoms with Crippen molar-refractivity contribution in [2.45, 2.75) is 25.8 Å². The highest BCUT2D eigenvalue weighted by Gasteiger charge is 2.21. The zero-order chi connectivity index (χ0) is 14.1. The van der Waals surface area contributed by atoms with E-state index in [0.717, 1.165) is 47.5 Å². The van der Waals surface area contributed by atoms with Gasteiger partial charge in [-0.25, -0.2) is 0 Å². The summed E-state index contributed by atoms with van der Waals surface area (Å²) in [7, 11) is 0. The summed E-state index contributed by atoms with van der Waals surface area (Å²) in [6.07, 6.45) is 2.08. The lowest BCUT2D eigenvalue weighted by molar-refractivity contribution is 0.498. The van der Waals surface area contributed by atoms with Crippen molar-refractivity contribution >= 4 is 21.7 Å². The maximum absolute atomic E-state index is 5.96. The van der Waals surface area contributed by atoms with Crippen LogP contribution in [0.3, 0.4) is 0 Å². The van der Waals surface area contributed by atoms with Gasteiger partial charge in [0.25, 0.3) is 0 Å². The second kappa shape index (κ2) is 5.58. The molecule has 0 aliphatic carbocycles. The molecule has 3 N–H and O–H groups in total. The number of halogens is 1. The van der Waals surface area contributed by atoms with E-state index in [1.54, 1.807) is 0 Å². The zero-order valence-electron chi connectivity index (χ0n) is 11.6. The smallest absolute Gasteiger partial charge is 0.153 e. The summed E-state index contributed by atoms with van der Waals surface area (Å²) in [4.78, 5) is 2.33. The number of nitrogens with one attached hydrogen (secondary N) is 1. The molecule has 1 aliphatic rings. The van der Waals surface area contributed by atoms with E-state index in [0.29, 0.717) is 6.04 Å². The highest BCUT2D eigenvalue weighted by atomic mass is 79.9. The fourth-order valence-electron chi connectivity index (χ4n) is 2.71. The first-order valence-electron chi connectivity index (χ1n) is 6.96. The molecule has 0 amide bonds. The monoisotopic (exact) mass is 334 g/mol. The van der Waals surface area contributed by atoms with Crippen molar-refractivity contribution in [2.24, 2.45) is 5.73 Å². The maximum Gasteiger partial charge on any atom is 0.153 e. The largest absolute Gasteiger partial charge is 0.355 e. The summed E-state index contributed by atoms with van der Waals surface area (Å²) in [6.45, 7) is 4.12. The Morgan fingerprint density at radius 2 is 1.90 bits per heavy atom. The molecule has 2 aromatic rings. The molecule has 1 fully saturated rings. The van der Waals surface area contributed by atoms with E-state index in [9.17, 15) is 0 Å². The minimum absolute atomic E-state index is 0.344. The summed E-state index contributed by atoms with van der Waals surface area (Å²) in [5, 5.41) is 7.69. The number of nitrogens with zero attached hydrogens (tertiary/aromatic N) is 2. The van der Waals surface area contributed by atoms with Gasteiger partial charge < -0.3 is 10.6 Å². The molecule has 0 atom stereocenters. The summed E-state index contributed by atoms with van der Waals surface area (Å²) >= 11 is 3.46. The Bertz CT molecular complexity index is 582. The number of benzene rings is 1. The van der Waals surface area contributed by atoms with Crippen molar-refractivity contribution in [1.29, 1.82) is 0 Å². The fraction of sp³-hybridized carbons (Fsp3) is 0.400. The van der Waals surface area contributed by atoms with Crippen LogP contribution in [0.25, 0.3) is 11.3 Å². The normalized spacial score (nSPS) is 16.6. The number of H-pyrrole nitrogens is 1. The summed E-state index contributed by atoms with van der Waals surface area (Å²) in [5.41, 5.74) is 9.44. The first kappa shape index (κ1) is 13.6. The first-order chi connectivity index (χ1) is 9.65. The molecule has 1 aromatic heterocycles. The molecule has 1 aromatic carbocycles. The Labute approximate surface area is 127 Å². The Kier molecular flexibility index (Phi) is 3.81. The van der Waals surface area contributed by atoms with Crippen molar-refractivity contribution in [3.63, 3.8) is 0 Å². The van der Waals surface area contributed by atoms with E-state index < -0.39 is 0 Å². The summed E-state index contributed by atoms with van der Waals surface area (Å²) in [5.74, 6) is 1.06. The molecular weight excluding hydrogens is 316 g/mol. The number of hydrogen-bond donors (Lipinski definition) is 2. The third-order valence-electron chi connectivity index (χ3n) is 3.96. The van der Waals surface area contributed by atoms with E-state index in [4.69, 9.17) is 5.73 Å². The third-order valence-corrected chi connectivity index (χ3v) is 4.48. The van der Waals surface area contributed by atoms with Crippen LogP contribution >= 0.6 is 15.9 Å². The third kappa shape index (κ3) is 2.60. The van der Waals surface area contributed by atoms with Crippen molar-refractivity contribution in [2.75, 3.05) is 18.0 Å². The topological polar surface area (TPSA) is 57.9 Å². The fourth-order valence-corrected chi connectivity index (χ4v) is 2.97. The number of aromatic nitrogens is 2. The predicted molar refractivity (Wildman–Crippen MR) is 85.9 cm³/mol. The minimum atomic E-state index is 0.344. The number of hydrogen-bond acceptors (Lipinski definition) is 3. The van der Waals surface area contributed by atoms with E-state index >= 15 is 0 Å². The number of rotatable bonds is 2. The second-order valence-electron chi connectivity index (χ2n) is 5.38. The quantitative estimate of drug-likeness (QED) is 0.887. The molecule has 20 heavy (non-hydrogen) atoms. The van der Waals surface area contributed by atoms with Crippen LogP contribution in [0.5, 0.6) is 0 Å². The molecule has 3 rings (SSSR count). The van der Waals surface area contributed by atoms with Gasteiger partial charge in [-0.2, -0.15) is 5.10 Å². The van der Waals surface area contributed by atoms with Crippen LogP contribution < -0.4 is 10.6 Å². The van der Waals surface area contributed by atoms with Gasteiger partial charge in [-0.3, -0.25) is 5.10 Å². The average molecular weight is 335 g/mol. The van der Waals surface area contributed by atoms with Crippen molar-refractivity contribution in [3.05, 3.63) is 34.3 Å². The Balaban J connectivity index is 1.87. The van der Waals surface area contributed by atoms with Crippen LogP contribution in [0.1, 0.15) is 18.4 Å². The molecule has 4 nitrogen and oxygen atoms in total. The Hall–Kier alpha value is -1.33. The Morgan fingerprint density at radius 1 is 1.25 bits per heavy atom. The van der Waals surface area contributed by atoms with Crippen LogP contribution in [-0.4, -0.2) is 29.3 Å². The highest BCUT2D eigenvalue weighted by Crippen LogP contribution is 2.30. The molecule has 0 bridgehead atoms. The maximum atomic E-state index is 5.96. The molecule has 5 heteroatoms. The van der Waals surface area contributed by atoms with Crippen LogP contribution in [0.15, 0.2) is 28.7 Å². The van der Waals surface area contributed by atoms with Gasteiger partial charge in [-0.1, -0.05) is 28.1 Å². The highest BCUT2D eigenvalue weighted by molar-refractivity contribution is 9.10. The van der Waals surface area contributed by atoms with Crippen LogP contribution in [0, 0.1) is 6.92 Å². The lowest BCUT2D eigenvalue weighted by Gasteiger charge is -2.30. The predicted octanol–water partition coefficient (Wildman–Crippen LogP) is 3.08. The number of anilines is 1. The van der Waals surface area contributed by atoms with E-state index in [-0.39, 0.29) is 0 Å². The van der Waals surface area contributed by atoms with Gasteiger partial charge in [0.2, 0.25) is 0 Å². The summed E-state index contributed by atoms with van der Waals surface area (Å²) < 4.78 is 1.09. The Morgan fingerprint density at radius 3 is 2.55 bits per heavy atom.